The summed E-state index contributed by atoms with van der Waals surface area (Å²) in [6.45, 7) is 12.5. The predicted molar refractivity (Wildman–Crippen MR) is 199 cm³/mol. The van der Waals surface area contributed by atoms with E-state index in [-0.39, 0.29) is 49.4 Å². The molecule has 304 valence electrons. The van der Waals surface area contributed by atoms with Crippen LogP contribution < -0.4 is 24.8 Å². The molecule has 17 heteroatoms. The number of sulfonamides is 1. The Kier molecular flexibility index (Phi) is 11.9. The highest BCUT2D eigenvalue weighted by Crippen LogP contribution is 2.47. The van der Waals surface area contributed by atoms with Gasteiger partial charge in [0.2, 0.25) is 22.7 Å². The number of hydrogen-bond acceptors (Lipinski definition) is 10. The molecule has 1 aromatic carbocycles. The summed E-state index contributed by atoms with van der Waals surface area (Å²) in [7, 11) is -3.21. The molecule has 2 aromatic rings. The smallest absolute Gasteiger partial charge is 0.408 e. The highest BCUT2D eigenvalue weighted by Gasteiger charge is 2.63. The standard InChI is InChI=1S/C38H53F2N5O9S/c1-9-10-21(2)15-22(3)30(42-35(49)54-36(5,6)7)33(47)45-20-25(53-32-27-16-24(39)11-12-26(27)29(52-8)19-41-32)17-28(45)31(46)43-38(18-23(38)4)34(48)44-55(50,51)37(40)13-14-37/h11-12,16,19,21-23,25,28,30H,9-10,13-15,17-18,20H2,1-8H3,(H,42,49)(H,43,46)(H,44,48)/t21-,22+,23+,25+,28-,30-,38+/m0/s1. The molecule has 2 heterocycles. The van der Waals surface area contributed by atoms with E-state index in [1.165, 1.54) is 36.4 Å². The van der Waals surface area contributed by atoms with Crippen LogP contribution in [0.4, 0.5) is 13.6 Å². The molecule has 0 spiro atoms. The molecule has 2 saturated carbocycles. The largest absolute Gasteiger partial charge is 0.494 e. The van der Waals surface area contributed by atoms with Crippen LogP contribution in [-0.4, -0.2) is 90.1 Å². The summed E-state index contributed by atoms with van der Waals surface area (Å²) < 4.78 is 73.3. The number of benzene rings is 1. The second kappa shape index (κ2) is 15.7. The van der Waals surface area contributed by atoms with Crippen LogP contribution in [-0.2, 0) is 29.1 Å². The van der Waals surface area contributed by atoms with Crippen molar-refractivity contribution in [3.63, 3.8) is 0 Å². The zero-order chi connectivity index (χ0) is 40.7. The van der Waals surface area contributed by atoms with Crippen LogP contribution in [0.2, 0.25) is 0 Å². The first-order valence-electron chi connectivity index (χ1n) is 18.8. The number of nitrogens with one attached hydrogen (secondary N) is 3. The Hall–Kier alpha value is -4.28. The number of amides is 4. The van der Waals surface area contributed by atoms with Gasteiger partial charge in [0.05, 0.1) is 25.2 Å². The van der Waals surface area contributed by atoms with Crippen LogP contribution in [0.3, 0.4) is 0 Å². The minimum absolute atomic E-state index is 0.0241. The molecule has 3 aliphatic rings. The number of alkyl halides is 1. The van der Waals surface area contributed by atoms with Crippen molar-refractivity contribution < 1.29 is 50.6 Å². The third kappa shape index (κ3) is 9.24. The second-order valence-corrected chi connectivity index (χ2v) is 18.4. The predicted octanol–water partition coefficient (Wildman–Crippen LogP) is 4.89. The van der Waals surface area contributed by atoms with E-state index in [4.69, 9.17) is 14.2 Å². The molecule has 3 fully saturated rings. The van der Waals surface area contributed by atoms with Crippen LogP contribution in [0.5, 0.6) is 11.6 Å². The van der Waals surface area contributed by atoms with Crippen molar-refractivity contribution in [1.82, 2.24) is 25.2 Å². The van der Waals surface area contributed by atoms with Gasteiger partial charge in [-0.05, 0) is 69.6 Å². The number of ether oxygens (including phenoxy) is 3. The topological polar surface area (TPSA) is 182 Å². The number of rotatable bonds is 15. The maximum atomic E-state index is 14.7. The summed E-state index contributed by atoms with van der Waals surface area (Å²) in [6, 6.07) is 1.60. The van der Waals surface area contributed by atoms with Gasteiger partial charge in [-0.2, -0.15) is 0 Å². The lowest BCUT2D eigenvalue weighted by atomic mass is 9.88. The van der Waals surface area contributed by atoms with E-state index in [1.807, 2.05) is 11.6 Å². The Bertz CT molecular complexity index is 1920. The number of carbonyl (C=O) groups is 4. The molecule has 4 amide bonds. The summed E-state index contributed by atoms with van der Waals surface area (Å²) in [6.07, 6.45) is 1.53. The Labute approximate surface area is 320 Å². The van der Waals surface area contributed by atoms with Gasteiger partial charge in [-0.15, -0.1) is 0 Å². The van der Waals surface area contributed by atoms with Crippen molar-refractivity contribution in [2.24, 2.45) is 17.8 Å². The molecule has 1 aliphatic heterocycles. The van der Waals surface area contributed by atoms with Gasteiger partial charge in [-0.1, -0.05) is 40.5 Å². The number of alkyl carbamates (subject to hydrolysis) is 1. The lowest BCUT2D eigenvalue weighted by molar-refractivity contribution is -0.142. The minimum atomic E-state index is -4.66. The second-order valence-electron chi connectivity index (χ2n) is 16.4. The van der Waals surface area contributed by atoms with Crippen LogP contribution in [0.1, 0.15) is 93.4 Å². The van der Waals surface area contributed by atoms with Gasteiger partial charge in [-0.25, -0.2) is 31.7 Å². The quantitative estimate of drug-likeness (QED) is 0.225. The van der Waals surface area contributed by atoms with Crippen LogP contribution in [0.15, 0.2) is 24.4 Å². The number of fused-ring (bicyclic) bond motifs is 1. The SMILES string of the molecule is CCC[C@H](C)C[C@@H](C)[C@H](NC(=O)OC(C)(C)C)C(=O)N1C[C@H](Oc2ncc(OC)c3ccc(F)cc23)C[C@H]1C(=O)N[C@]1(C(=O)NS(=O)(=O)C2(F)CC2)C[C@H]1C. The molecule has 1 saturated heterocycles. The van der Waals surface area contributed by atoms with Gasteiger partial charge in [0.1, 0.15) is 40.9 Å². The average Bonchev–Trinajstić information content (AvgIpc) is 3.95. The molecule has 5 rings (SSSR count). The number of pyridine rings is 1. The molecule has 3 N–H and O–H groups in total. The normalized spacial score (nSPS) is 24.6. The van der Waals surface area contributed by atoms with Crippen molar-refractivity contribution in [2.45, 2.75) is 128 Å². The molecule has 14 nitrogen and oxygen atoms in total. The molecule has 55 heavy (non-hydrogen) atoms. The van der Waals surface area contributed by atoms with Gasteiger partial charge in [0.25, 0.3) is 15.9 Å². The first-order chi connectivity index (χ1) is 25.6. The number of methoxy groups -OCH3 is 1. The van der Waals surface area contributed by atoms with Gasteiger partial charge < -0.3 is 29.7 Å². The van der Waals surface area contributed by atoms with Crippen molar-refractivity contribution in [3.8, 4) is 11.6 Å². The van der Waals surface area contributed by atoms with E-state index in [9.17, 15) is 36.4 Å². The number of halogens is 2. The van der Waals surface area contributed by atoms with E-state index in [2.05, 4.69) is 29.5 Å². The molecule has 7 atom stereocenters. The summed E-state index contributed by atoms with van der Waals surface area (Å²) in [5.41, 5.74) is -2.55. The van der Waals surface area contributed by atoms with Crippen LogP contribution >= 0.6 is 0 Å². The Morgan fingerprint density at radius 3 is 2.38 bits per heavy atom. The average molecular weight is 794 g/mol. The lowest BCUT2D eigenvalue weighted by Crippen LogP contribution is -2.59. The first kappa shape index (κ1) is 41.9. The number of hydrogen-bond donors (Lipinski definition) is 3. The molecule has 1 aromatic heterocycles. The van der Waals surface area contributed by atoms with Crippen molar-refractivity contribution in [2.75, 3.05) is 13.7 Å². The molecule has 0 radical (unpaired) electrons. The van der Waals surface area contributed by atoms with Gasteiger partial charge in [-0.3, -0.25) is 14.4 Å². The van der Waals surface area contributed by atoms with Crippen LogP contribution in [0, 0.1) is 23.6 Å². The number of nitrogens with zero attached hydrogens (tertiary/aromatic N) is 2. The molecular weight excluding hydrogens is 741 g/mol. The summed E-state index contributed by atoms with van der Waals surface area (Å²) in [5.74, 6) is -3.34. The Morgan fingerprint density at radius 1 is 1.13 bits per heavy atom. The highest BCUT2D eigenvalue weighted by atomic mass is 32.2. The molecule has 0 bridgehead atoms. The van der Waals surface area contributed by atoms with Gasteiger partial charge >= 0.3 is 6.09 Å². The third-order valence-electron chi connectivity index (χ3n) is 10.6. The zero-order valence-corrected chi connectivity index (χ0v) is 33.5. The molecular formula is C38H53F2N5O9S. The third-order valence-corrected chi connectivity index (χ3v) is 12.4. The maximum Gasteiger partial charge on any atom is 0.408 e. The van der Waals surface area contributed by atoms with E-state index < -0.39 is 85.8 Å². The van der Waals surface area contributed by atoms with Gasteiger partial charge in [0, 0.05) is 24.6 Å². The fraction of sp³-hybridized carbons (Fsp3) is 0.658. The lowest BCUT2D eigenvalue weighted by Gasteiger charge is -2.33. The van der Waals surface area contributed by atoms with E-state index in [0.29, 0.717) is 17.6 Å². The summed E-state index contributed by atoms with van der Waals surface area (Å²) >= 11 is 0. The van der Waals surface area contributed by atoms with E-state index in [1.54, 1.807) is 27.7 Å². The zero-order valence-electron chi connectivity index (χ0n) is 32.7. The molecule has 0 unspecified atom stereocenters. The van der Waals surface area contributed by atoms with E-state index >= 15 is 0 Å². The monoisotopic (exact) mass is 793 g/mol. The van der Waals surface area contributed by atoms with Gasteiger partial charge in [0.15, 0.2) is 0 Å². The maximum absolute atomic E-state index is 14.7. The van der Waals surface area contributed by atoms with Crippen molar-refractivity contribution in [1.29, 1.82) is 0 Å². The minimum Gasteiger partial charge on any atom is -0.494 e. The summed E-state index contributed by atoms with van der Waals surface area (Å²) in [4.78, 5) is 61.2. The molecule has 2 aliphatic carbocycles. The number of carbonyl (C=O) groups excluding carboxylic acids is 4. The van der Waals surface area contributed by atoms with E-state index in [0.717, 1.165) is 12.8 Å². The van der Waals surface area contributed by atoms with Crippen LogP contribution in [0.25, 0.3) is 10.8 Å². The first-order valence-corrected chi connectivity index (χ1v) is 20.3. The fourth-order valence-electron chi connectivity index (χ4n) is 7.34. The fourth-order valence-corrected chi connectivity index (χ4v) is 8.59. The Balaban J connectivity index is 1.47. The highest BCUT2D eigenvalue weighted by molar-refractivity contribution is 7.91. The Morgan fingerprint density at radius 2 is 1.80 bits per heavy atom. The van der Waals surface area contributed by atoms with Crippen molar-refractivity contribution >= 4 is 44.6 Å². The number of aromatic nitrogens is 1. The summed E-state index contributed by atoms with van der Waals surface area (Å²) in [5, 5.41) is 3.67. The number of likely N-dealkylation sites (tertiary alicyclic amines) is 1. The van der Waals surface area contributed by atoms with Crippen molar-refractivity contribution in [3.05, 3.63) is 30.2 Å².